The summed E-state index contributed by atoms with van der Waals surface area (Å²) in [6.45, 7) is 5.27. The van der Waals surface area contributed by atoms with Crippen LogP contribution in [0.2, 0.25) is 0 Å². The molecule has 3 N–H and O–H groups in total. The molecule has 0 aliphatic heterocycles. The molecule has 72 valence electrons. The van der Waals surface area contributed by atoms with Gasteiger partial charge < -0.3 is 11.1 Å². The van der Waals surface area contributed by atoms with E-state index in [1.54, 1.807) is 0 Å². The predicted molar refractivity (Wildman–Crippen MR) is 53.1 cm³/mol. The summed E-state index contributed by atoms with van der Waals surface area (Å²) in [5.74, 6) is 0. The third-order valence-electron chi connectivity index (χ3n) is 3.12. The average Bonchev–Trinajstić information content (AvgIpc) is 2.54. The molecular weight excluding hydrogens is 148 g/mol. The molecule has 0 saturated heterocycles. The molecule has 0 aromatic rings. The fourth-order valence-electron chi connectivity index (χ4n) is 2.08. The van der Waals surface area contributed by atoms with Gasteiger partial charge in [-0.05, 0) is 26.2 Å². The molecule has 0 radical (unpaired) electrons. The molecule has 1 saturated carbocycles. The topological polar surface area (TPSA) is 38.0 Å². The minimum Gasteiger partial charge on any atom is -0.329 e. The van der Waals surface area contributed by atoms with Crippen molar-refractivity contribution in [1.82, 2.24) is 5.32 Å². The Morgan fingerprint density at radius 2 is 2.00 bits per heavy atom. The Balaban J connectivity index is 2.43. The second-order valence-corrected chi connectivity index (χ2v) is 4.15. The van der Waals surface area contributed by atoms with Crippen molar-refractivity contribution in [2.45, 2.75) is 57.5 Å². The van der Waals surface area contributed by atoms with Gasteiger partial charge in [0.05, 0.1) is 0 Å². The van der Waals surface area contributed by atoms with Crippen LogP contribution in [0.4, 0.5) is 0 Å². The lowest BCUT2D eigenvalue weighted by Gasteiger charge is -2.32. The molecule has 1 rings (SSSR count). The van der Waals surface area contributed by atoms with Gasteiger partial charge in [-0.15, -0.1) is 0 Å². The first-order chi connectivity index (χ1) is 5.72. The predicted octanol–water partition coefficient (Wildman–Crippen LogP) is 1.65. The summed E-state index contributed by atoms with van der Waals surface area (Å²) in [6, 6.07) is 0.617. The van der Waals surface area contributed by atoms with E-state index in [0.717, 1.165) is 6.54 Å². The van der Waals surface area contributed by atoms with Crippen molar-refractivity contribution < 1.29 is 0 Å². The zero-order chi connectivity index (χ0) is 9.03. The SMILES string of the molecule is CCC(C)NC1(CN)CCCC1. The van der Waals surface area contributed by atoms with E-state index in [-0.39, 0.29) is 5.54 Å². The molecule has 0 spiro atoms. The van der Waals surface area contributed by atoms with Gasteiger partial charge in [0.25, 0.3) is 0 Å². The van der Waals surface area contributed by atoms with Crippen molar-refractivity contribution in [3.8, 4) is 0 Å². The highest BCUT2D eigenvalue weighted by atomic mass is 15.0. The first kappa shape index (κ1) is 10.0. The maximum Gasteiger partial charge on any atom is 0.0306 e. The molecule has 1 aliphatic carbocycles. The largest absolute Gasteiger partial charge is 0.329 e. The minimum atomic E-state index is 0.287. The van der Waals surface area contributed by atoms with Gasteiger partial charge in [-0.25, -0.2) is 0 Å². The number of hydrogen-bond acceptors (Lipinski definition) is 2. The van der Waals surface area contributed by atoms with Gasteiger partial charge >= 0.3 is 0 Å². The lowest BCUT2D eigenvalue weighted by molar-refractivity contribution is 0.301. The fourth-order valence-corrected chi connectivity index (χ4v) is 2.08. The van der Waals surface area contributed by atoms with Crippen LogP contribution in [0.3, 0.4) is 0 Å². The van der Waals surface area contributed by atoms with E-state index in [9.17, 15) is 0 Å². The van der Waals surface area contributed by atoms with E-state index >= 15 is 0 Å². The molecule has 0 heterocycles. The van der Waals surface area contributed by atoms with E-state index in [4.69, 9.17) is 5.73 Å². The molecule has 1 aliphatic rings. The van der Waals surface area contributed by atoms with Crippen molar-refractivity contribution >= 4 is 0 Å². The van der Waals surface area contributed by atoms with Crippen molar-refractivity contribution in [1.29, 1.82) is 0 Å². The second kappa shape index (κ2) is 4.24. The molecule has 1 unspecified atom stereocenters. The lowest BCUT2D eigenvalue weighted by Crippen LogP contribution is -2.52. The van der Waals surface area contributed by atoms with Crippen LogP contribution in [-0.2, 0) is 0 Å². The van der Waals surface area contributed by atoms with Crippen molar-refractivity contribution in [2.24, 2.45) is 5.73 Å². The summed E-state index contributed by atoms with van der Waals surface area (Å²) < 4.78 is 0. The van der Waals surface area contributed by atoms with Gasteiger partial charge in [-0.1, -0.05) is 19.8 Å². The van der Waals surface area contributed by atoms with Crippen LogP contribution in [0.15, 0.2) is 0 Å². The smallest absolute Gasteiger partial charge is 0.0306 e. The standard InChI is InChI=1S/C10H22N2/c1-3-9(2)12-10(8-11)6-4-5-7-10/h9,12H,3-8,11H2,1-2H3. The van der Waals surface area contributed by atoms with Crippen molar-refractivity contribution in [3.05, 3.63) is 0 Å². The highest BCUT2D eigenvalue weighted by molar-refractivity contribution is 4.94. The van der Waals surface area contributed by atoms with Gasteiger partial charge in [0.1, 0.15) is 0 Å². The van der Waals surface area contributed by atoms with Crippen molar-refractivity contribution in [2.75, 3.05) is 6.54 Å². The quantitative estimate of drug-likeness (QED) is 0.673. The Labute approximate surface area is 75.9 Å². The maximum absolute atomic E-state index is 5.81. The van der Waals surface area contributed by atoms with Gasteiger partial charge in [0.2, 0.25) is 0 Å². The normalized spacial score (nSPS) is 24.2. The van der Waals surface area contributed by atoms with Gasteiger partial charge in [0.15, 0.2) is 0 Å². The second-order valence-electron chi connectivity index (χ2n) is 4.15. The van der Waals surface area contributed by atoms with E-state index in [0.29, 0.717) is 6.04 Å². The zero-order valence-corrected chi connectivity index (χ0v) is 8.40. The summed E-state index contributed by atoms with van der Waals surface area (Å²) in [7, 11) is 0. The molecular formula is C10H22N2. The number of nitrogens with two attached hydrogens (primary N) is 1. The van der Waals surface area contributed by atoms with Gasteiger partial charge in [0, 0.05) is 18.1 Å². The maximum atomic E-state index is 5.81. The first-order valence-corrected chi connectivity index (χ1v) is 5.20. The van der Waals surface area contributed by atoms with Crippen LogP contribution in [0, 0.1) is 0 Å². The Kier molecular flexibility index (Phi) is 3.53. The summed E-state index contributed by atoms with van der Waals surface area (Å²) in [5, 5.41) is 3.67. The van der Waals surface area contributed by atoms with Crippen LogP contribution in [0.1, 0.15) is 46.0 Å². The molecule has 0 aromatic carbocycles. The highest BCUT2D eigenvalue weighted by Crippen LogP contribution is 2.29. The highest BCUT2D eigenvalue weighted by Gasteiger charge is 2.32. The van der Waals surface area contributed by atoms with Crippen LogP contribution in [0.5, 0.6) is 0 Å². The summed E-state index contributed by atoms with van der Waals surface area (Å²) in [5.41, 5.74) is 6.10. The van der Waals surface area contributed by atoms with Crippen LogP contribution in [0.25, 0.3) is 0 Å². The fraction of sp³-hybridized carbons (Fsp3) is 1.00. The molecule has 2 heteroatoms. The van der Waals surface area contributed by atoms with E-state index in [1.807, 2.05) is 0 Å². The van der Waals surface area contributed by atoms with Gasteiger partial charge in [-0.2, -0.15) is 0 Å². The minimum absolute atomic E-state index is 0.287. The number of nitrogens with one attached hydrogen (secondary N) is 1. The molecule has 0 aromatic heterocycles. The van der Waals surface area contributed by atoms with E-state index < -0.39 is 0 Å². The Morgan fingerprint density at radius 3 is 2.42 bits per heavy atom. The number of rotatable bonds is 4. The Bertz CT molecular complexity index is 128. The summed E-state index contributed by atoms with van der Waals surface area (Å²) in [6.07, 6.45) is 6.44. The first-order valence-electron chi connectivity index (χ1n) is 5.20. The molecule has 0 bridgehead atoms. The number of hydrogen-bond donors (Lipinski definition) is 2. The molecule has 1 fully saturated rings. The summed E-state index contributed by atoms with van der Waals surface area (Å²) in [4.78, 5) is 0. The van der Waals surface area contributed by atoms with Crippen molar-refractivity contribution in [3.63, 3.8) is 0 Å². The summed E-state index contributed by atoms with van der Waals surface area (Å²) >= 11 is 0. The van der Waals surface area contributed by atoms with Gasteiger partial charge in [-0.3, -0.25) is 0 Å². The molecule has 0 amide bonds. The van der Waals surface area contributed by atoms with E-state index in [1.165, 1.54) is 32.1 Å². The monoisotopic (exact) mass is 170 g/mol. The lowest BCUT2D eigenvalue weighted by atomic mass is 9.96. The molecule has 2 nitrogen and oxygen atoms in total. The van der Waals surface area contributed by atoms with Crippen LogP contribution in [-0.4, -0.2) is 18.1 Å². The van der Waals surface area contributed by atoms with E-state index in [2.05, 4.69) is 19.2 Å². The third-order valence-corrected chi connectivity index (χ3v) is 3.12. The third kappa shape index (κ3) is 2.20. The van der Waals surface area contributed by atoms with Crippen LogP contribution >= 0.6 is 0 Å². The Morgan fingerprint density at radius 1 is 1.42 bits per heavy atom. The zero-order valence-electron chi connectivity index (χ0n) is 8.40. The molecule has 12 heavy (non-hydrogen) atoms. The molecule has 1 atom stereocenters. The van der Waals surface area contributed by atoms with Crippen LogP contribution < -0.4 is 11.1 Å². The average molecular weight is 170 g/mol. The Hall–Kier alpha value is -0.0800.